The second kappa shape index (κ2) is 7.45. The number of hydrogen-bond acceptors (Lipinski definition) is 6. The maximum Gasteiger partial charge on any atom is 0.367 e. The third-order valence-corrected chi connectivity index (χ3v) is 3.28. The quantitative estimate of drug-likeness (QED) is 0.601. The zero-order chi connectivity index (χ0) is 15.3. The minimum Gasteiger partial charge on any atom is -0.450 e. The van der Waals surface area contributed by atoms with E-state index in [4.69, 9.17) is 9.47 Å². The molecule has 4 atom stereocenters. The third-order valence-electron chi connectivity index (χ3n) is 2.85. The van der Waals surface area contributed by atoms with Gasteiger partial charge in [0.15, 0.2) is 0 Å². The van der Waals surface area contributed by atoms with E-state index < -0.39 is 23.6 Å². The van der Waals surface area contributed by atoms with Crippen molar-refractivity contribution in [3.8, 4) is 0 Å². The zero-order valence-electron chi connectivity index (χ0n) is 12.4. The smallest absolute Gasteiger partial charge is 0.367 e. The van der Waals surface area contributed by atoms with Gasteiger partial charge in [0.2, 0.25) is 0 Å². The Morgan fingerprint density at radius 2 is 1.65 bits per heavy atom. The average molecular weight is 304 g/mol. The second-order valence-electron chi connectivity index (χ2n) is 5.87. The number of aliphatic hydroxyl groups excluding tert-OH is 2. The van der Waals surface area contributed by atoms with Crippen molar-refractivity contribution in [2.45, 2.75) is 63.6 Å². The van der Waals surface area contributed by atoms with E-state index in [0.717, 1.165) is 11.8 Å². The van der Waals surface area contributed by atoms with Crippen LogP contribution in [0.15, 0.2) is 12.2 Å². The summed E-state index contributed by atoms with van der Waals surface area (Å²) in [6.07, 6.45) is 2.93. The first-order valence-corrected chi connectivity index (χ1v) is 7.90. The van der Waals surface area contributed by atoms with Crippen LogP contribution in [0.1, 0.15) is 33.6 Å². The molecule has 0 aromatic carbocycles. The molecule has 0 amide bonds. The highest BCUT2D eigenvalue weighted by molar-refractivity contribution is 8.12. The van der Waals surface area contributed by atoms with Crippen LogP contribution in [0.2, 0.25) is 0 Å². The molecule has 0 saturated heterocycles. The normalized spacial score (nSPS) is 33.1. The Kier molecular flexibility index (Phi) is 6.51. The number of thioether (sulfide) groups is 1. The Labute approximate surface area is 124 Å². The summed E-state index contributed by atoms with van der Waals surface area (Å²) in [5, 5.41) is 19.5. The Bertz CT molecular complexity index is 350. The molecule has 1 aliphatic rings. The fourth-order valence-corrected chi connectivity index (χ4v) is 2.22. The first-order chi connectivity index (χ1) is 9.21. The molecule has 6 heteroatoms. The standard InChI is InChI=1S/C14H24O5S/c1-14(2,3)19-10-6-5-9(18-13(17)20-4)7-11(15)12(16)8-10/h5-6,9-12,15-16H,7-8H2,1-4H3/b6-5+. The molecule has 20 heavy (non-hydrogen) atoms. The van der Waals surface area contributed by atoms with Crippen LogP contribution >= 0.6 is 11.8 Å². The minimum atomic E-state index is -0.939. The fourth-order valence-electron chi connectivity index (χ4n) is 2.00. The predicted molar refractivity (Wildman–Crippen MR) is 78.8 cm³/mol. The third kappa shape index (κ3) is 6.26. The summed E-state index contributed by atoms with van der Waals surface area (Å²) < 4.78 is 11.0. The van der Waals surface area contributed by atoms with Gasteiger partial charge in [0, 0.05) is 12.8 Å². The highest BCUT2D eigenvalue weighted by Gasteiger charge is 2.29. The van der Waals surface area contributed by atoms with E-state index >= 15 is 0 Å². The summed E-state index contributed by atoms with van der Waals surface area (Å²) in [6, 6.07) is 0. The minimum absolute atomic E-state index is 0.187. The molecule has 5 nitrogen and oxygen atoms in total. The Balaban J connectivity index is 2.78. The topological polar surface area (TPSA) is 76.0 Å². The van der Waals surface area contributed by atoms with Crippen molar-refractivity contribution < 1.29 is 24.5 Å². The van der Waals surface area contributed by atoms with E-state index in [1.54, 1.807) is 18.4 Å². The van der Waals surface area contributed by atoms with Gasteiger partial charge in [-0.15, -0.1) is 0 Å². The van der Waals surface area contributed by atoms with Crippen LogP contribution in [-0.2, 0) is 9.47 Å². The Hall–Kier alpha value is -0.560. The molecule has 0 aromatic rings. The molecule has 0 aromatic heterocycles. The van der Waals surface area contributed by atoms with Gasteiger partial charge in [-0.2, -0.15) is 0 Å². The Morgan fingerprint density at radius 1 is 1.15 bits per heavy atom. The number of carbonyl (C=O) groups excluding carboxylic acids is 1. The van der Waals surface area contributed by atoms with Gasteiger partial charge >= 0.3 is 5.30 Å². The van der Waals surface area contributed by atoms with Crippen LogP contribution in [0.25, 0.3) is 0 Å². The van der Waals surface area contributed by atoms with Crippen molar-refractivity contribution >= 4 is 17.1 Å². The number of aliphatic hydroxyl groups is 2. The SMILES string of the molecule is CSC(=O)OC1/C=C/C(OC(C)(C)C)CC(O)C(O)C1. The summed E-state index contributed by atoms with van der Waals surface area (Å²) in [7, 11) is 0. The van der Waals surface area contributed by atoms with E-state index in [1.165, 1.54) is 0 Å². The van der Waals surface area contributed by atoms with Crippen LogP contribution in [-0.4, -0.2) is 51.8 Å². The number of rotatable bonds is 2. The molecule has 0 spiro atoms. The molecule has 116 valence electrons. The molecular formula is C14H24O5S. The molecule has 0 aliphatic heterocycles. The van der Waals surface area contributed by atoms with Gasteiger partial charge in [-0.1, -0.05) is 6.08 Å². The monoisotopic (exact) mass is 304 g/mol. The molecule has 0 bridgehead atoms. The van der Waals surface area contributed by atoms with Crippen LogP contribution < -0.4 is 0 Å². The van der Waals surface area contributed by atoms with Crippen LogP contribution in [0.3, 0.4) is 0 Å². The highest BCUT2D eigenvalue weighted by atomic mass is 32.2. The van der Waals surface area contributed by atoms with Crippen LogP contribution in [0.5, 0.6) is 0 Å². The summed E-state index contributed by atoms with van der Waals surface area (Å²) in [6.45, 7) is 5.77. The number of hydrogen-bond donors (Lipinski definition) is 2. The van der Waals surface area contributed by atoms with Crippen molar-refractivity contribution in [3.63, 3.8) is 0 Å². The van der Waals surface area contributed by atoms with E-state index in [-0.39, 0.29) is 18.1 Å². The van der Waals surface area contributed by atoms with Gasteiger partial charge in [0.1, 0.15) is 6.10 Å². The predicted octanol–water partition coefficient (Wildman–Crippen LogP) is 2.11. The first kappa shape index (κ1) is 17.5. The molecule has 2 N–H and O–H groups in total. The van der Waals surface area contributed by atoms with Crippen molar-refractivity contribution in [3.05, 3.63) is 12.2 Å². The number of carbonyl (C=O) groups is 1. The van der Waals surface area contributed by atoms with Crippen molar-refractivity contribution in [2.24, 2.45) is 0 Å². The van der Waals surface area contributed by atoms with Gasteiger partial charge in [0.25, 0.3) is 0 Å². The molecular weight excluding hydrogens is 280 g/mol. The fraction of sp³-hybridized carbons (Fsp3) is 0.786. The van der Waals surface area contributed by atoms with E-state index in [0.29, 0.717) is 6.42 Å². The molecule has 4 unspecified atom stereocenters. The molecule has 1 rings (SSSR count). The summed E-state index contributed by atoms with van der Waals surface area (Å²) in [5.41, 5.74) is -0.357. The van der Waals surface area contributed by atoms with Crippen molar-refractivity contribution in [2.75, 3.05) is 6.26 Å². The summed E-state index contributed by atoms with van der Waals surface area (Å²) in [5.74, 6) is 0. The van der Waals surface area contributed by atoms with Gasteiger partial charge in [-0.3, -0.25) is 0 Å². The van der Waals surface area contributed by atoms with Gasteiger partial charge in [-0.05, 0) is 44.9 Å². The van der Waals surface area contributed by atoms with E-state index in [9.17, 15) is 15.0 Å². The summed E-state index contributed by atoms with van der Waals surface area (Å²) >= 11 is 0.973. The highest BCUT2D eigenvalue weighted by Crippen LogP contribution is 2.22. The van der Waals surface area contributed by atoms with Crippen LogP contribution in [0, 0.1) is 0 Å². The van der Waals surface area contributed by atoms with Crippen molar-refractivity contribution in [1.29, 1.82) is 0 Å². The van der Waals surface area contributed by atoms with Crippen molar-refractivity contribution in [1.82, 2.24) is 0 Å². The van der Waals surface area contributed by atoms with E-state index in [1.807, 2.05) is 20.8 Å². The lowest BCUT2D eigenvalue weighted by atomic mass is 9.96. The van der Waals surface area contributed by atoms with Gasteiger partial charge < -0.3 is 19.7 Å². The largest absolute Gasteiger partial charge is 0.450 e. The maximum atomic E-state index is 11.3. The van der Waals surface area contributed by atoms with Gasteiger partial charge in [-0.25, -0.2) is 4.79 Å². The summed E-state index contributed by atoms with van der Waals surface area (Å²) in [4.78, 5) is 11.3. The number of ether oxygens (including phenoxy) is 2. The second-order valence-corrected chi connectivity index (χ2v) is 6.61. The molecule has 0 saturated carbocycles. The van der Waals surface area contributed by atoms with E-state index in [2.05, 4.69) is 0 Å². The zero-order valence-corrected chi connectivity index (χ0v) is 13.2. The first-order valence-electron chi connectivity index (χ1n) is 6.68. The van der Waals surface area contributed by atoms with Gasteiger partial charge in [0.05, 0.1) is 23.9 Å². The molecule has 0 radical (unpaired) electrons. The maximum absolute atomic E-state index is 11.3. The Morgan fingerprint density at radius 3 is 2.15 bits per heavy atom. The molecule has 0 heterocycles. The molecule has 1 aliphatic carbocycles. The molecule has 0 fully saturated rings. The lowest BCUT2D eigenvalue weighted by Crippen LogP contribution is -2.38. The lowest BCUT2D eigenvalue weighted by molar-refractivity contribution is -0.0802. The average Bonchev–Trinajstić information content (AvgIpc) is 2.32. The van der Waals surface area contributed by atoms with Crippen LogP contribution in [0.4, 0.5) is 4.79 Å². The lowest BCUT2D eigenvalue weighted by Gasteiger charge is -2.31.